The molecule has 0 radical (unpaired) electrons. The van der Waals surface area contributed by atoms with Crippen LogP contribution in [0.2, 0.25) is 0 Å². The lowest BCUT2D eigenvalue weighted by atomic mass is 9.84. The number of carbonyl (C=O) groups excluding carboxylic acids is 2. The topological polar surface area (TPSA) is 124 Å². The molecule has 0 aromatic heterocycles. The minimum Gasteiger partial charge on any atom is -0.389 e. The van der Waals surface area contributed by atoms with E-state index in [-0.39, 0.29) is 25.7 Å². The Morgan fingerprint density at radius 3 is 0.551 bits per heavy atom. The first kappa shape index (κ1) is 68.0. The number of rotatable bonds is 56. The van der Waals surface area contributed by atoms with Crippen LogP contribution < -0.4 is 0 Å². The highest BCUT2D eigenvalue weighted by Gasteiger charge is 2.45. The Morgan fingerprint density at radius 2 is 0.406 bits per heavy atom. The summed E-state index contributed by atoms with van der Waals surface area (Å²) in [4.78, 5) is 27.1. The summed E-state index contributed by atoms with van der Waals surface area (Å²) in [6.45, 7) is 9.01. The van der Waals surface area contributed by atoms with E-state index >= 15 is 0 Å². The van der Waals surface area contributed by atoms with Crippen molar-refractivity contribution in [2.24, 2.45) is 0 Å². The van der Waals surface area contributed by atoms with Gasteiger partial charge in [-0.05, 0) is 25.7 Å². The SMILES string of the molecule is CCCCCCCCCCCCCCC(O)(CCCCCCCCCCCCCC)C(O)C(=O)OC(=O)C(O)C(O)(CCCCCCCCCCCCCC)CCCCCCCCCCCCCC. The first-order chi connectivity index (χ1) is 33.6. The molecule has 0 aromatic carbocycles. The molecule has 2 atom stereocenters. The molecular formula is C62H122O7. The average molecular weight is 980 g/mol. The molecule has 412 valence electrons. The van der Waals surface area contributed by atoms with Crippen LogP contribution in [0.25, 0.3) is 0 Å². The molecule has 2 unspecified atom stereocenters. The van der Waals surface area contributed by atoms with Crippen LogP contribution in [0.4, 0.5) is 0 Å². The van der Waals surface area contributed by atoms with Gasteiger partial charge in [0.15, 0.2) is 12.2 Å². The molecule has 0 aromatic rings. The van der Waals surface area contributed by atoms with Gasteiger partial charge in [-0.1, -0.05) is 336 Å². The zero-order valence-electron chi connectivity index (χ0n) is 46.9. The summed E-state index contributed by atoms with van der Waals surface area (Å²) in [5.74, 6) is -2.45. The van der Waals surface area contributed by atoms with Gasteiger partial charge in [-0.25, -0.2) is 9.59 Å². The number of aliphatic hydroxyl groups is 4. The van der Waals surface area contributed by atoms with Gasteiger partial charge in [0.1, 0.15) is 11.2 Å². The smallest absolute Gasteiger partial charge is 0.345 e. The van der Waals surface area contributed by atoms with Crippen molar-refractivity contribution < 1.29 is 34.8 Å². The van der Waals surface area contributed by atoms with Gasteiger partial charge in [-0.2, -0.15) is 0 Å². The lowest BCUT2D eigenvalue weighted by Crippen LogP contribution is -2.52. The lowest BCUT2D eigenvalue weighted by molar-refractivity contribution is -0.190. The summed E-state index contributed by atoms with van der Waals surface area (Å²) in [6, 6.07) is 0. The fourth-order valence-corrected chi connectivity index (χ4v) is 10.5. The number of esters is 2. The number of ether oxygens (including phenoxy) is 1. The molecule has 0 saturated carbocycles. The maximum Gasteiger partial charge on any atom is 0.345 e. The van der Waals surface area contributed by atoms with Crippen LogP contribution >= 0.6 is 0 Å². The number of hydrogen-bond acceptors (Lipinski definition) is 7. The predicted octanol–water partition coefficient (Wildman–Crippen LogP) is 18.6. The average Bonchev–Trinajstić information content (AvgIpc) is 3.34. The molecule has 0 aliphatic carbocycles. The van der Waals surface area contributed by atoms with E-state index in [1.165, 1.54) is 205 Å². The standard InChI is InChI=1S/C62H122O7/c1-5-9-13-17-21-25-29-33-37-41-45-49-53-61(67,54-50-46-42-38-34-30-26-22-18-14-10-6-2)57(63)59(65)69-60(66)58(64)62(68,55-51-47-43-39-35-31-27-23-19-15-11-7-3)56-52-48-44-40-36-32-28-24-20-16-12-8-4/h57-58,63-64,67-68H,5-56H2,1-4H3. The van der Waals surface area contributed by atoms with Crippen molar-refractivity contribution in [3.8, 4) is 0 Å². The lowest BCUT2D eigenvalue weighted by Gasteiger charge is -2.34. The van der Waals surface area contributed by atoms with E-state index in [0.717, 1.165) is 77.0 Å². The first-order valence-corrected chi connectivity index (χ1v) is 31.2. The van der Waals surface area contributed by atoms with Gasteiger partial charge in [0.2, 0.25) is 0 Å². The first-order valence-electron chi connectivity index (χ1n) is 31.2. The number of unbranched alkanes of at least 4 members (excludes halogenated alkanes) is 44. The van der Waals surface area contributed by atoms with E-state index in [1.807, 2.05) is 0 Å². The molecule has 0 bridgehead atoms. The van der Waals surface area contributed by atoms with Crippen LogP contribution in [0.15, 0.2) is 0 Å². The molecule has 7 nitrogen and oxygen atoms in total. The summed E-state index contributed by atoms with van der Waals surface area (Å²) < 4.78 is 5.22. The van der Waals surface area contributed by atoms with Gasteiger partial charge in [0.05, 0.1) is 0 Å². The van der Waals surface area contributed by atoms with Gasteiger partial charge >= 0.3 is 11.9 Å². The molecule has 0 spiro atoms. The third-order valence-corrected chi connectivity index (χ3v) is 15.5. The van der Waals surface area contributed by atoms with Crippen molar-refractivity contribution in [1.29, 1.82) is 0 Å². The molecule has 0 aliphatic rings. The molecular weight excluding hydrogens is 857 g/mol. The van der Waals surface area contributed by atoms with E-state index in [4.69, 9.17) is 4.74 Å². The monoisotopic (exact) mass is 979 g/mol. The summed E-state index contributed by atoms with van der Waals surface area (Å²) in [5.41, 5.74) is -3.45. The van der Waals surface area contributed by atoms with Gasteiger partial charge < -0.3 is 25.2 Å². The summed E-state index contributed by atoms with van der Waals surface area (Å²) >= 11 is 0. The van der Waals surface area contributed by atoms with Gasteiger partial charge in [-0.3, -0.25) is 0 Å². The number of aliphatic hydroxyl groups excluding tert-OH is 2. The third kappa shape index (κ3) is 41.1. The van der Waals surface area contributed by atoms with Crippen molar-refractivity contribution >= 4 is 11.9 Å². The summed E-state index contributed by atoms with van der Waals surface area (Å²) in [6.07, 6.45) is 53.7. The van der Waals surface area contributed by atoms with Crippen molar-refractivity contribution in [2.45, 2.75) is 385 Å². The van der Waals surface area contributed by atoms with Crippen LogP contribution in [0, 0.1) is 0 Å². The quantitative estimate of drug-likeness (QED) is 0.0272. The van der Waals surface area contributed by atoms with Crippen LogP contribution in [0.5, 0.6) is 0 Å². The second kappa shape index (κ2) is 50.5. The summed E-state index contributed by atoms with van der Waals surface area (Å²) in [7, 11) is 0. The molecule has 0 aliphatic heterocycles. The zero-order chi connectivity index (χ0) is 50.8. The van der Waals surface area contributed by atoms with E-state index in [0.29, 0.717) is 25.7 Å². The minimum atomic E-state index is -1.91. The van der Waals surface area contributed by atoms with Gasteiger partial charge in [0, 0.05) is 0 Å². The van der Waals surface area contributed by atoms with Crippen molar-refractivity contribution in [3.63, 3.8) is 0 Å². The fourth-order valence-electron chi connectivity index (χ4n) is 10.5. The molecule has 0 rings (SSSR count). The second-order valence-corrected chi connectivity index (χ2v) is 22.3. The van der Waals surface area contributed by atoms with E-state index in [1.54, 1.807) is 0 Å². The summed E-state index contributed by atoms with van der Waals surface area (Å²) in [5, 5.41) is 46.8. The Labute approximate surface area is 430 Å². The molecule has 0 amide bonds. The number of carbonyl (C=O) groups is 2. The largest absolute Gasteiger partial charge is 0.389 e. The Bertz CT molecular complexity index is 941. The van der Waals surface area contributed by atoms with Crippen molar-refractivity contribution in [3.05, 3.63) is 0 Å². The van der Waals surface area contributed by atoms with Gasteiger partial charge in [0.25, 0.3) is 0 Å². The van der Waals surface area contributed by atoms with Crippen LogP contribution in [0.3, 0.4) is 0 Å². The molecule has 0 saturated heterocycles. The van der Waals surface area contributed by atoms with Gasteiger partial charge in [-0.15, -0.1) is 0 Å². The van der Waals surface area contributed by atoms with Crippen LogP contribution in [-0.4, -0.2) is 55.8 Å². The Hall–Kier alpha value is -1.02. The highest BCUT2D eigenvalue weighted by Crippen LogP contribution is 2.31. The molecule has 0 fully saturated rings. The molecule has 7 heteroatoms. The fraction of sp³-hybridized carbons (Fsp3) is 0.968. The maximum absolute atomic E-state index is 13.6. The van der Waals surface area contributed by atoms with Crippen LogP contribution in [0.1, 0.15) is 362 Å². The highest BCUT2D eigenvalue weighted by atomic mass is 16.6. The van der Waals surface area contributed by atoms with E-state index in [9.17, 15) is 30.0 Å². The second-order valence-electron chi connectivity index (χ2n) is 22.3. The zero-order valence-corrected chi connectivity index (χ0v) is 46.9. The normalized spacial score (nSPS) is 13.0. The Kier molecular flexibility index (Phi) is 49.8. The highest BCUT2D eigenvalue weighted by molar-refractivity contribution is 5.91. The third-order valence-electron chi connectivity index (χ3n) is 15.5. The molecule has 0 heterocycles. The van der Waals surface area contributed by atoms with E-state index < -0.39 is 35.3 Å². The predicted molar refractivity (Wildman–Crippen MR) is 296 cm³/mol. The Morgan fingerprint density at radius 1 is 0.275 bits per heavy atom. The Balaban J connectivity index is 5.38. The van der Waals surface area contributed by atoms with Crippen molar-refractivity contribution in [2.75, 3.05) is 0 Å². The molecule has 4 N–H and O–H groups in total. The minimum absolute atomic E-state index is 0.247. The maximum atomic E-state index is 13.6. The van der Waals surface area contributed by atoms with Crippen molar-refractivity contribution in [1.82, 2.24) is 0 Å². The van der Waals surface area contributed by atoms with Crippen LogP contribution in [-0.2, 0) is 14.3 Å². The molecule has 69 heavy (non-hydrogen) atoms. The number of hydrogen-bond donors (Lipinski definition) is 4. The van der Waals surface area contributed by atoms with E-state index in [2.05, 4.69) is 27.7 Å².